The number of likely N-dealkylation sites (tertiary alicyclic amines) is 1. The zero-order valence-corrected chi connectivity index (χ0v) is 48.1. The number of aromatic nitrogens is 2. The number of fused-ring (bicyclic) bond motifs is 2. The molecule has 19 heteroatoms. The molecule has 1 saturated carbocycles. The number of carbonyl (C=O) groups is 6. The molecule has 80 heavy (non-hydrogen) atoms. The van der Waals surface area contributed by atoms with E-state index >= 15 is 0 Å². The Balaban J connectivity index is 0.658. The number of nitrogens with zero attached hydrogens (tertiary/aromatic N) is 7. The van der Waals surface area contributed by atoms with Crippen molar-refractivity contribution in [2.75, 3.05) is 71.8 Å². The van der Waals surface area contributed by atoms with Crippen molar-refractivity contribution >= 4 is 52.5 Å². The summed E-state index contributed by atoms with van der Waals surface area (Å²) in [6.07, 6.45) is 3.69. The normalized spacial score (nSPS) is 18.7. The molecule has 0 bridgehead atoms. The summed E-state index contributed by atoms with van der Waals surface area (Å²) in [6.45, 7) is 15.2. The number of hydrogen-bond acceptors (Lipinski definition) is 12. The fourth-order valence-corrected chi connectivity index (χ4v) is 12.4. The lowest BCUT2D eigenvalue weighted by atomic mass is 9.71. The highest BCUT2D eigenvalue weighted by Crippen LogP contribution is 2.49. The van der Waals surface area contributed by atoms with Crippen molar-refractivity contribution in [3.63, 3.8) is 0 Å². The number of aryl methyl sites for hydroxylation is 1. The third-order valence-corrected chi connectivity index (χ3v) is 17.4. The molecule has 1 spiro atoms. The molecule has 3 aromatic carbocycles. The van der Waals surface area contributed by atoms with Gasteiger partial charge in [-0.15, -0.1) is 11.3 Å². The van der Waals surface area contributed by atoms with Crippen LogP contribution in [0, 0.1) is 12.3 Å². The molecule has 3 aliphatic heterocycles. The Morgan fingerprint density at radius 1 is 0.775 bits per heavy atom. The fraction of sp³-hybridized carbons (Fsp3) is 0.492. The van der Waals surface area contributed by atoms with Crippen LogP contribution in [-0.2, 0) is 50.9 Å². The average molecular weight is 1110 g/mol. The maximum atomic E-state index is 14.1. The Labute approximate surface area is 474 Å². The summed E-state index contributed by atoms with van der Waals surface area (Å²) in [4.78, 5) is 95.7. The van der Waals surface area contributed by atoms with Crippen LogP contribution < -0.4 is 21.3 Å². The minimum atomic E-state index is -0.889. The van der Waals surface area contributed by atoms with E-state index in [2.05, 4.69) is 51.6 Å². The van der Waals surface area contributed by atoms with Crippen LogP contribution >= 0.6 is 11.3 Å². The van der Waals surface area contributed by atoms with Crippen LogP contribution in [0.5, 0.6) is 0 Å². The van der Waals surface area contributed by atoms with Gasteiger partial charge in [0.2, 0.25) is 23.6 Å². The molecule has 426 valence electrons. The van der Waals surface area contributed by atoms with Gasteiger partial charge in [0.15, 0.2) is 0 Å². The van der Waals surface area contributed by atoms with E-state index in [1.165, 1.54) is 16.2 Å². The van der Waals surface area contributed by atoms with E-state index in [-0.39, 0.29) is 66.9 Å². The van der Waals surface area contributed by atoms with Crippen LogP contribution in [0.25, 0.3) is 10.4 Å². The van der Waals surface area contributed by atoms with Crippen molar-refractivity contribution in [1.29, 1.82) is 0 Å². The van der Waals surface area contributed by atoms with Gasteiger partial charge >= 0.3 is 0 Å². The summed E-state index contributed by atoms with van der Waals surface area (Å²) >= 11 is 1.58. The second-order valence-electron chi connectivity index (χ2n) is 23.4. The van der Waals surface area contributed by atoms with Gasteiger partial charge in [-0.05, 0) is 103 Å². The van der Waals surface area contributed by atoms with Gasteiger partial charge in [-0.25, -0.2) is 4.98 Å². The van der Waals surface area contributed by atoms with Gasteiger partial charge in [0.1, 0.15) is 17.8 Å². The van der Waals surface area contributed by atoms with Gasteiger partial charge in [-0.3, -0.25) is 33.7 Å². The summed E-state index contributed by atoms with van der Waals surface area (Å²) in [6, 6.07) is 25.7. The van der Waals surface area contributed by atoms with Gasteiger partial charge in [0.05, 0.1) is 27.7 Å². The molecule has 9 rings (SSSR count). The Morgan fingerprint density at radius 3 is 2.05 bits per heavy atom. The topological polar surface area (TPSA) is 205 Å². The van der Waals surface area contributed by atoms with Crippen molar-refractivity contribution in [3.05, 3.63) is 130 Å². The molecule has 5 N–H and O–H groups in total. The molecular weight excluding hydrogens is 1030 g/mol. The Hall–Kier alpha value is -6.77. The predicted molar refractivity (Wildman–Crippen MR) is 309 cm³/mol. The largest absolute Gasteiger partial charge is 0.391 e. The quantitative estimate of drug-likeness (QED) is 0.0613. The van der Waals surface area contributed by atoms with E-state index < -0.39 is 23.6 Å². The Morgan fingerprint density at radius 2 is 1.43 bits per heavy atom. The number of benzene rings is 3. The number of aliphatic hydroxyl groups excluding tert-OH is 1. The maximum absolute atomic E-state index is 14.1. The van der Waals surface area contributed by atoms with Crippen LogP contribution in [0.15, 0.2) is 90.4 Å². The standard InChI is InChI=1S/C61H79N11O7S/c1-41-54(80-40-64-41)45-16-10-42(11-17-45)36-63-57(77)50-35-48(73)39-72(50)59(79)55(60(2,3)4)66-52(74)9-7-27-68-29-31-69(32-30-68)28-24-53(75)65-47-20-14-43(15-21-47)37-62-56(76)49-22-23-51-61(25-8-26-61)70(33-34-71(49)51)38-44-12-18-46(19-13-44)58(78)67(5)6/h10-23,40,48,50,55,73H,7-9,24-39H2,1-6H3,(H,62,76)(H,63,77)(H,65,75)(H,66,74)/t48-,50+,55-/m1/s1. The van der Waals surface area contributed by atoms with E-state index in [0.717, 1.165) is 98.9 Å². The van der Waals surface area contributed by atoms with Crippen LogP contribution in [-0.4, -0.2) is 159 Å². The molecule has 1 aliphatic carbocycles. The molecule has 6 amide bonds. The first-order valence-corrected chi connectivity index (χ1v) is 29.2. The highest BCUT2D eigenvalue weighted by molar-refractivity contribution is 7.13. The van der Waals surface area contributed by atoms with Crippen molar-refractivity contribution in [3.8, 4) is 10.4 Å². The molecule has 18 nitrogen and oxygen atoms in total. The zero-order chi connectivity index (χ0) is 56.7. The van der Waals surface area contributed by atoms with Gasteiger partial charge in [-0.2, -0.15) is 0 Å². The van der Waals surface area contributed by atoms with E-state index in [1.54, 1.807) is 30.3 Å². The van der Waals surface area contributed by atoms with Crippen LogP contribution in [0.1, 0.15) is 115 Å². The number of aliphatic hydroxyl groups is 1. The molecule has 4 aliphatic rings. The monoisotopic (exact) mass is 1110 g/mol. The van der Waals surface area contributed by atoms with E-state index in [9.17, 15) is 33.9 Å². The predicted octanol–water partition coefficient (Wildman–Crippen LogP) is 5.98. The number of anilines is 1. The Bertz CT molecular complexity index is 2990. The summed E-state index contributed by atoms with van der Waals surface area (Å²) < 4.78 is 2.19. The lowest BCUT2D eigenvalue weighted by Gasteiger charge is -2.53. The first kappa shape index (κ1) is 57.9. The van der Waals surface area contributed by atoms with Crippen molar-refractivity contribution < 1.29 is 33.9 Å². The van der Waals surface area contributed by atoms with Gasteiger partial charge in [0.25, 0.3) is 11.8 Å². The average Bonchev–Trinajstić information content (AvgIpc) is 4.31. The number of piperazine rings is 1. The number of amides is 6. The lowest BCUT2D eigenvalue weighted by Crippen LogP contribution is -2.57. The number of rotatable bonds is 20. The molecule has 0 unspecified atom stereocenters. The van der Waals surface area contributed by atoms with Gasteiger partial charge in [0, 0.05) is 122 Å². The van der Waals surface area contributed by atoms with Gasteiger partial charge in [-0.1, -0.05) is 69.3 Å². The summed E-state index contributed by atoms with van der Waals surface area (Å²) in [5.41, 5.74) is 9.33. The van der Waals surface area contributed by atoms with E-state index in [1.807, 2.05) is 112 Å². The Kier molecular flexibility index (Phi) is 18.3. The van der Waals surface area contributed by atoms with Crippen molar-refractivity contribution in [2.45, 2.75) is 123 Å². The van der Waals surface area contributed by atoms with E-state index in [0.29, 0.717) is 42.9 Å². The zero-order valence-electron chi connectivity index (χ0n) is 47.3. The van der Waals surface area contributed by atoms with Crippen LogP contribution in [0.3, 0.4) is 0 Å². The van der Waals surface area contributed by atoms with Crippen molar-refractivity contribution in [1.82, 2.24) is 50.0 Å². The molecule has 5 heterocycles. The molecule has 2 saturated heterocycles. The third-order valence-electron chi connectivity index (χ3n) is 16.5. The molecular formula is C61H79N11O7S. The molecule has 5 aromatic rings. The number of nitrogens with one attached hydrogen (secondary N) is 4. The second-order valence-corrected chi connectivity index (χ2v) is 24.2. The highest BCUT2D eigenvalue weighted by Gasteiger charge is 2.49. The second kappa shape index (κ2) is 25.4. The SMILES string of the molecule is Cc1ncsc1-c1ccc(CNC(=O)[C@@H]2C[C@@H](O)CN2C(=O)[C@@H](NC(=O)CCCN2CCN(CCC(=O)Nc3ccc(CNC(=O)c4ccc5n4CCN(Cc4ccc(C(=O)N(C)C)cc4)C54CCC4)cc3)CC2)C(C)(C)C)cc1. The lowest BCUT2D eigenvalue weighted by molar-refractivity contribution is -0.144. The maximum Gasteiger partial charge on any atom is 0.268 e. The van der Waals surface area contributed by atoms with Crippen molar-refractivity contribution in [2.24, 2.45) is 5.41 Å². The summed E-state index contributed by atoms with van der Waals surface area (Å²) in [5, 5.41) is 22.7. The number of hydrogen-bond donors (Lipinski definition) is 5. The van der Waals surface area contributed by atoms with Crippen LogP contribution in [0.2, 0.25) is 0 Å². The minimum absolute atomic E-state index is 0.00818. The molecule has 0 radical (unpaired) electrons. The first-order valence-electron chi connectivity index (χ1n) is 28.3. The van der Waals surface area contributed by atoms with Gasteiger partial charge < -0.3 is 50.5 Å². The smallest absolute Gasteiger partial charge is 0.268 e. The first-order chi connectivity index (χ1) is 38.3. The number of β-amino-alcohol motifs (C(OH)–C–C–N with tert-alkyl or cyclic N) is 1. The third kappa shape index (κ3) is 13.7. The fourth-order valence-electron chi connectivity index (χ4n) is 11.6. The molecule has 3 atom stereocenters. The van der Waals surface area contributed by atoms with E-state index in [4.69, 9.17) is 0 Å². The van der Waals surface area contributed by atoms with Crippen LogP contribution in [0.4, 0.5) is 5.69 Å². The highest BCUT2D eigenvalue weighted by atomic mass is 32.1. The minimum Gasteiger partial charge on any atom is -0.391 e. The molecule has 2 aromatic heterocycles. The summed E-state index contributed by atoms with van der Waals surface area (Å²) in [5.74, 6) is -1.15. The number of thiazole rings is 1. The summed E-state index contributed by atoms with van der Waals surface area (Å²) in [7, 11) is 3.52. The molecule has 3 fully saturated rings. The number of carbonyl (C=O) groups excluding carboxylic acids is 6.